The third-order valence-corrected chi connectivity index (χ3v) is 5.63. The molecule has 5 rings (SSSR count). The van der Waals surface area contributed by atoms with Crippen LogP contribution in [0.25, 0.3) is 28.1 Å². The number of hydrogen-bond donors (Lipinski definition) is 1. The van der Waals surface area contributed by atoms with Gasteiger partial charge in [0.15, 0.2) is 10.8 Å². The van der Waals surface area contributed by atoms with Crippen LogP contribution in [0.2, 0.25) is 0 Å². The number of aromatic amines is 1. The van der Waals surface area contributed by atoms with E-state index in [1.165, 1.54) is 34.7 Å². The van der Waals surface area contributed by atoms with E-state index in [4.69, 9.17) is 4.52 Å². The molecule has 0 aliphatic heterocycles. The van der Waals surface area contributed by atoms with Crippen LogP contribution >= 0.6 is 11.8 Å². The molecule has 0 unspecified atom stereocenters. The number of benzene rings is 2. The number of para-hydroxylation sites is 1. The molecule has 2 aromatic carbocycles. The minimum atomic E-state index is -4.48. The Morgan fingerprint density at radius 3 is 2.67 bits per heavy atom. The molecule has 0 fully saturated rings. The Bertz CT molecular complexity index is 1490. The molecule has 3 aromatic heterocycles. The number of rotatable bonds is 5. The largest absolute Gasteiger partial charge is 0.416 e. The molecule has 0 radical (unpaired) electrons. The van der Waals surface area contributed by atoms with Gasteiger partial charge in [-0.2, -0.15) is 23.3 Å². The number of nitrogens with zero attached hydrogens (tertiary/aromatic N) is 5. The van der Waals surface area contributed by atoms with Crippen LogP contribution in [0.1, 0.15) is 11.5 Å². The third-order valence-electron chi connectivity index (χ3n) is 4.71. The first-order chi connectivity index (χ1) is 15.9. The zero-order valence-electron chi connectivity index (χ0n) is 16.6. The number of nitrogens with one attached hydrogen (secondary N) is 1. The highest BCUT2D eigenvalue weighted by Crippen LogP contribution is 2.32. The van der Waals surface area contributed by atoms with Gasteiger partial charge in [0.2, 0.25) is 11.7 Å². The molecule has 1 N–H and O–H groups in total. The molecule has 8 nitrogen and oxygen atoms in total. The lowest BCUT2D eigenvalue weighted by Gasteiger charge is -2.10. The highest BCUT2D eigenvalue weighted by atomic mass is 32.2. The summed E-state index contributed by atoms with van der Waals surface area (Å²) in [6.07, 6.45) is -3.06. The maximum Gasteiger partial charge on any atom is 0.416 e. The van der Waals surface area contributed by atoms with Crippen LogP contribution in [0.4, 0.5) is 13.2 Å². The number of H-pyrrole nitrogens is 1. The van der Waals surface area contributed by atoms with Crippen LogP contribution in [0.15, 0.2) is 75.3 Å². The van der Waals surface area contributed by atoms with E-state index in [-0.39, 0.29) is 28.6 Å². The van der Waals surface area contributed by atoms with E-state index >= 15 is 0 Å². The van der Waals surface area contributed by atoms with Crippen LogP contribution in [-0.2, 0) is 11.9 Å². The lowest BCUT2D eigenvalue weighted by atomic mass is 10.1. The fourth-order valence-electron chi connectivity index (χ4n) is 3.17. The summed E-state index contributed by atoms with van der Waals surface area (Å²) in [5.74, 6) is 0.352. The average molecular weight is 470 g/mol. The SMILES string of the molecule is O=c1c2cn[nH]c2nc(SCc2nc(-c3cccc(C(F)(F)F)c3)no2)n1-c1ccccc1. The first-order valence-electron chi connectivity index (χ1n) is 9.55. The Hall–Kier alpha value is -3.93. The third kappa shape index (κ3) is 4.12. The summed E-state index contributed by atoms with van der Waals surface area (Å²) >= 11 is 1.17. The molecule has 166 valence electrons. The lowest BCUT2D eigenvalue weighted by molar-refractivity contribution is -0.137. The monoisotopic (exact) mass is 470 g/mol. The van der Waals surface area contributed by atoms with E-state index in [1.54, 1.807) is 24.3 Å². The van der Waals surface area contributed by atoms with Crippen molar-refractivity contribution >= 4 is 22.8 Å². The summed E-state index contributed by atoms with van der Waals surface area (Å²) in [7, 11) is 0. The normalized spacial score (nSPS) is 11.8. The van der Waals surface area contributed by atoms with Crippen molar-refractivity contribution in [1.82, 2.24) is 29.9 Å². The second-order valence-corrected chi connectivity index (χ2v) is 7.82. The van der Waals surface area contributed by atoms with E-state index < -0.39 is 11.7 Å². The summed E-state index contributed by atoms with van der Waals surface area (Å²) in [5.41, 5.74) is 0.0472. The van der Waals surface area contributed by atoms with E-state index in [0.717, 1.165) is 12.1 Å². The molecule has 0 aliphatic rings. The van der Waals surface area contributed by atoms with Crippen molar-refractivity contribution in [1.29, 1.82) is 0 Å². The van der Waals surface area contributed by atoms with Gasteiger partial charge in [-0.3, -0.25) is 14.5 Å². The Kier molecular flexibility index (Phi) is 5.21. The number of fused-ring (bicyclic) bond motifs is 1. The van der Waals surface area contributed by atoms with Crippen molar-refractivity contribution < 1.29 is 17.7 Å². The van der Waals surface area contributed by atoms with Crippen molar-refractivity contribution in [3.05, 3.63) is 82.6 Å². The summed E-state index contributed by atoms with van der Waals surface area (Å²) < 4.78 is 45.6. The van der Waals surface area contributed by atoms with Gasteiger partial charge in [-0.25, -0.2) is 4.98 Å². The van der Waals surface area contributed by atoms with Gasteiger partial charge < -0.3 is 4.52 Å². The first-order valence-corrected chi connectivity index (χ1v) is 10.5. The molecule has 33 heavy (non-hydrogen) atoms. The maximum atomic E-state index is 13.0. The molecule has 0 saturated carbocycles. The number of halogens is 3. The summed E-state index contributed by atoms with van der Waals surface area (Å²) in [5, 5.41) is 11.1. The molecule has 0 aliphatic carbocycles. The minimum absolute atomic E-state index is 0.0362. The van der Waals surface area contributed by atoms with E-state index in [9.17, 15) is 18.0 Å². The lowest BCUT2D eigenvalue weighted by Crippen LogP contribution is -2.21. The fourth-order valence-corrected chi connectivity index (χ4v) is 4.01. The molecular weight excluding hydrogens is 457 g/mol. The van der Waals surface area contributed by atoms with Gasteiger partial charge in [0, 0.05) is 5.56 Å². The van der Waals surface area contributed by atoms with Gasteiger partial charge >= 0.3 is 6.18 Å². The number of aromatic nitrogens is 6. The Morgan fingerprint density at radius 1 is 1.06 bits per heavy atom. The van der Waals surface area contributed by atoms with Crippen molar-refractivity contribution in [2.45, 2.75) is 17.1 Å². The fraction of sp³-hybridized carbons (Fsp3) is 0.0952. The second kappa shape index (κ2) is 8.20. The molecule has 5 aromatic rings. The predicted molar refractivity (Wildman–Crippen MR) is 114 cm³/mol. The van der Waals surface area contributed by atoms with Crippen molar-refractivity contribution in [2.24, 2.45) is 0 Å². The highest BCUT2D eigenvalue weighted by molar-refractivity contribution is 7.98. The highest BCUT2D eigenvalue weighted by Gasteiger charge is 2.30. The minimum Gasteiger partial charge on any atom is -0.338 e. The van der Waals surface area contributed by atoms with E-state index in [0.29, 0.717) is 21.9 Å². The quantitative estimate of drug-likeness (QED) is 0.299. The van der Waals surface area contributed by atoms with Gasteiger partial charge in [0.1, 0.15) is 5.39 Å². The van der Waals surface area contributed by atoms with Crippen LogP contribution in [-0.4, -0.2) is 29.9 Å². The number of thioether (sulfide) groups is 1. The predicted octanol–water partition coefficient (Wildman–Crippen LogP) is 4.47. The van der Waals surface area contributed by atoms with Crippen LogP contribution in [0.3, 0.4) is 0 Å². The molecule has 0 amide bonds. The van der Waals surface area contributed by atoms with Crippen molar-refractivity contribution in [3.63, 3.8) is 0 Å². The van der Waals surface area contributed by atoms with Crippen LogP contribution in [0, 0.1) is 0 Å². The first kappa shape index (κ1) is 20.9. The second-order valence-electron chi connectivity index (χ2n) is 6.88. The van der Waals surface area contributed by atoms with Crippen LogP contribution in [0.5, 0.6) is 0 Å². The molecular formula is C21H13F3N6O2S. The van der Waals surface area contributed by atoms with Gasteiger partial charge in [-0.1, -0.05) is 47.3 Å². The Morgan fingerprint density at radius 2 is 1.88 bits per heavy atom. The Balaban J connectivity index is 1.45. The summed E-state index contributed by atoms with van der Waals surface area (Å²) in [6, 6.07) is 13.7. The molecule has 0 spiro atoms. The Labute approximate surface area is 187 Å². The smallest absolute Gasteiger partial charge is 0.338 e. The topological polar surface area (TPSA) is 102 Å². The molecule has 0 atom stereocenters. The van der Waals surface area contributed by atoms with Crippen molar-refractivity contribution in [2.75, 3.05) is 0 Å². The zero-order valence-corrected chi connectivity index (χ0v) is 17.4. The van der Waals surface area contributed by atoms with Gasteiger partial charge in [0.25, 0.3) is 5.56 Å². The summed E-state index contributed by atoms with van der Waals surface area (Å²) in [4.78, 5) is 21.7. The van der Waals surface area contributed by atoms with E-state index in [1.807, 2.05) is 6.07 Å². The molecule has 12 heteroatoms. The number of hydrogen-bond acceptors (Lipinski definition) is 7. The van der Waals surface area contributed by atoms with Crippen LogP contribution < -0.4 is 5.56 Å². The zero-order chi connectivity index (χ0) is 23.0. The summed E-state index contributed by atoms with van der Waals surface area (Å²) in [6.45, 7) is 0. The van der Waals surface area contributed by atoms with Crippen molar-refractivity contribution in [3.8, 4) is 17.1 Å². The van der Waals surface area contributed by atoms with Gasteiger partial charge in [-0.05, 0) is 24.3 Å². The van der Waals surface area contributed by atoms with Gasteiger partial charge in [-0.15, -0.1) is 0 Å². The molecule has 0 saturated heterocycles. The molecule has 0 bridgehead atoms. The standard InChI is InChI=1S/C21H13F3N6O2S/c22-21(23,24)13-6-4-5-12(9-13)17-26-16(32-29-17)11-33-20-27-18-15(10-25-28-18)19(31)30(20)14-7-2-1-3-8-14/h1-10H,11H2,(H,25,28). The van der Waals surface area contributed by atoms with Gasteiger partial charge in [0.05, 0.1) is 23.2 Å². The maximum absolute atomic E-state index is 13.0. The molecule has 3 heterocycles. The average Bonchev–Trinajstić information content (AvgIpc) is 3.48. The van der Waals surface area contributed by atoms with E-state index in [2.05, 4.69) is 25.3 Å². The number of alkyl halides is 3.